The van der Waals surface area contributed by atoms with Crippen molar-refractivity contribution in [1.29, 1.82) is 0 Å². The second kappa shape index (κ2) is 6.55. The standard InChI is InChI=1S/C14H21ClFN3/c1-18(2)11-3-4-12(13(15)9-11)14(10-16)19-7-5-17-6-8-19/h3-4,9,14,17H,5-8,10H2,1-2H3/t14-/m1/s1. The zero-order chi connectivity index (χ0) is 13.8. The van der Waals surface area contributed by atoms with E-state index in [1.165, 1.54) is 0 Å². The first kappa shape index (κ1) is 14.6. The SMILES string of the molecule is CN(C)c1ccc([C@@H](CF)N2CCNCC2)c(Cl)c1. The molecule has 0 aliphatic carbocycles. The molecule has 0 spiro atoms. The van der Waals surface area contributed by atoms with E-state index in [1.807, 2.05) is 37.2 Å². The van der Waals surface area contributed by atoms with Crippen molar-refractivity contribution in [2.45, 2.75) is 6.04 Å². The summed E-state index contributed by atoms with van der Waals surface area (Å²) in [7, 11) is 3.93. The summed E-state index contributed by atoms with van der Waals surface area (Å²) < 4.78 is 13.4. The second-order valence-electron chi connectivity index (χ2n) is 5.06. The molecule has 1 heterocycles. The Labute approximate surface area is 119 Å². The van der Waals surface area contributed by atoms with Crippen LogP contribution in [-0.4, -0.2) is 51.8 Å². The molecule has 0 amide bonds. The van der Waals surface area contributed by atoms with E-state index in [0.717, 1.165) is 37.4 Å². The normalized spacial score (nSPS) is 18.3. The van der Waals surface area contributed by atoms with E-state index in [-0.39, 0.29) is 6.04 Å². The van der Waals surface area contributed by atoms with Crippen molar-refractivity contribution in [3.05, 3.63) is 28.8 Å². The first-order valence-electron chi connectivity index (χ1n) is 6.61. The maximum atomic E-state index is 13.4. The number of anilines is 1. The van der Waals surface area contributed by atoms with Crippen LogP contribution in [0.15, 0.2) is 18.2 Å². The minimum atomic E-state index is -0.402. The van der Waals surface area contributed by atoms with Crippen molar-refractivity contribution in [1.82, 2.24) is 10.2 Å². The molecule has 1 saturated heterocycles. The predicted octanol–water partition coefficient (Wildman–Crippen LogP) is 2.32. The number of alkyl halides is 1. The average molecular weight is 286 g/mol. The van der Waals surface area contributed by atoms with E-state index in [1.54, 1.807) is 0 Å². The van der Waals surface area contributed by atoms with Gasteiger partial charge in [-0.05, 0) is 17.7 Å². The smallest absolute Gasteiger partial charge is 0.109 e. The molecular formula is C14H21ClFN3. The van der Waals surface area contributed by atoms with Crippen LogP contribution in [-0.2, 0) is 0 Å². The highest BCUT2D eigenvalue weighted by Crippen LogP contribution is 2.31. The third-order valence-corrected chi connectivity index (χ3v) is 3.93. The summed E-state index contributed by atoms with van der Waals surface area (Å²) in [6.45, 7) is 3.13. The molecule has 5 heteroatoms. The molecule has 0 bridgehead atoms. The van der Waals surface area contributed by atoms with Gasteiger partial charge in [0.25, 0.3) is 0 Å². The molecule has 1 N–H and O–H groups in total. The number of nitrogens with one attached hydrogen (secondary N) is 1. The first-order valence-corrected chi connectivity index (χ1v) is 6.98. The number of hydrogen-bond acceptors (Lipinski definition) is 3. The zero-order valence-electron chi connectivity index (χ0n) is 11.5. The first-order chi connectivity index (χ1) is 9.13. The lowest BCUT2D eigenvalue weighted by Gasteiger charge is -2.34. The number of nitrogens with zero attached hydrogens (tertiary/aromatic N) is 2. The van der Waals surface area contributed by atoms with Gasteiger partial charge in [0.05, 0.1) is 6.04 Å². The molecule has 0 saturated carbocycles. The maximum absolute atomic E-state index is 13.4. The average Bonchev–Trinajstić information content (AvgIpc) is 2.42. The summed E-state index contributed by atoms with van der Waals surface area (Å²) in [5, 5.41) is 3.93. The van der Waals surface area contributed by atoms with Crippen LogP contribution in [0.1, 0.15) is 11.6 Å². The molecule has 1 aliphatic heterocycles. The maximum Gasteiger partial charge on any atom is 0.109 e. The van der Waals surface area contributed by atoms with Gasteiger partial charge < -0.3 is 10.2 Å². The summed E-state index contributed by atoms with van der Waals surface area (Å²) in [6, 6.07) is 5.61. The fourth-order valence-electron chi connectivity index (χ4n) is 2.44. The highest BCUT2D eigenvalue weighted by molar-refractivity contribution is 6.31. The number of halogens is 2. The van der Waals surface area contributed by atoms with Gasteiger partial charge in [-0.15, -0.1) is 0 Å². The molecule has 19 heavy (non-hydrogen) atoms. The van der Waals surface area contributed by atoms with Crippen molar-refractivity contribution in [2.75, 3.05) is 51.8 Å². The third kappa shape index (κ3) is 3.38. The monoisotopic (exact) mass is 285 g/mol. The van der Waals surface area contributed by atoms with Crippen molar-refractivity contribution in [2.24, 2.45) is 0 Å². The van der Waals surface area contributed by atoms with Gasteiger partial charge in [0.2, 0.25) is 0 Å². The molecule has 1 aromatic rings. The van der Waals surface area contributed by atoms with Gasteiger partial charge in [-0.2, -0.15) is 0 Å². The van der Waals surface area contributed by atoms with E-state index in [2.05, 4.69) is 10.2 Å². The lowest BCUT2D eigenvalue weighted by atomic mass is 10.0. The number of hydrogen-bond donors (Lipinski definition) is 1. The predicted molar refractivity (Wildman–Crippen MR) is 78.9 cm³/mol. The molecule has 2 rings (SSSR count). The van der Waals surface area contributed by atoms with Crippen molar-refractivity contribution in [3.8, 4) is 0 Å². The lowest BCUT2D eigenvalue weighted by molar-refractivity contribution is 0.147. The lowest BCUT2D eigenvalue weighted by Crippen LogP contribution is -2.45. The minimum absolute atomic E-state index is 0.231. The van der Waals surface area contributed by atoms with Gasteiger partial charge in [-0.1, -0.05) is 17.7 Å². The Bertz CT molecular complexity index is 419. The Balaban J connectivity index is 2.22. The van der Waals surface area contributed by atoms with Crippen LogP contribution >= 0.6 is 11.6 Å². The molecular weight excluding hydrogens is 265 g/mol. The Hall–Kier alpha value is -0.840. The van der Waals surface area contributed by atoms with E-state index in [4.69, 9.17) is 11.6 Å². The van der Waals surface area contributed by atoms with Crippen molar-refractivity contribution < 1.29 is 4.39 Å². The van der Waals surface area contributed by atoms with Crippen LogP contribution in [0.25, 0.3) is 0 Å². The van der Waals surface area contributed by atoms with Crippen LogP contribution in [0.3, 0.4) is 0 Å². The molecule has 1 aromatic carbocycles. The summed E-state index contributed by atoms with van der Waals surface area (Å²) in [5.74, 6) is 0. The largest absolute Gasteiger partial charge is 0.378 e. The van der Waals surface area contributed by atoms with Crippen molar-refractivity contribution in [3.63, 3.8) is 0 Å². The quantitative estimate of drug-likeness (QED) is 0.916. The molecule has 0 aromatic heterocycles. The van der Waals surface area contributed by atoms with E-state index in [0.29, 0.717) is 5.02 Å². The van der Waals surface area contributed by atoms with Crippen LogP contribution in [0.4, 0.5) is 10.1 Å². The van der Waals surface area contributed by atoms with Gasteiger partial charge in [0.1, 0.15) is 6.67 Å². The third-order valence-electron chi connectivity index (χ3n) is 3.60. The number of piperazine rings is 1. The van der Waals surface area contributed by atoms with E-state index >= 15 is 0 Å². The Morgan fingerprint density at radius 2 is 2.05 bits per heavy atom. The van der Waals surface area contributed by atoms with Gasteiger partial charge in [-0.25, -0.2) is 4.39 Å². The van der Waals surface area contributed by atoms with Gasteiger partial charge in [0, 0.05) is 51.0 Å². The fourth-order valence-corrected chi connectivity index (χ4v) is 2.74. The van der Waals surface area contributed by atoms with Crippen LogP contribution in [0.2, 0.25) is 5.02 Å². The molecule has 106 valence electrons. The Morgan fingerprint density at radius 3 is 2.58 bits per heavy atom. The molecule has 0 unspecified atom stereocenters. The minimum Gasteiger partial charge on any atom is -0.378 e. The topological polar surface area (TPSA) is 18.5 Å². The Morgan fingerprint density at radius 1 is 1.37 bits per heavy atom. The zero-order valence-corrected chi connectivity index (χ0v) is 12.3. The molecule has 1 fully saturated rings. The van der Waals surface area contributed by atoms with Crippen LogP contribution < -0.4 is 10.2 Å². The highest BCUT2D eigenvalue weighted by atomic mass is 35.5. The summed E-state index contributed by atoms with van der Waals surface area (Å²) in [6.07, 6.45) is 0. The summed E-state index contributed by atoms with van der Waals surface area (Å²) in [5.41, 5.74) is 1.92. The van der Waals surface area contributed by atoms with Crippen molar-refractivity contribution >= 4 is 17.3 Å². The molecule has 3 nitrogen and oxygen atoms in total. The van der Waals surface area contributed by atoms with E-state index in [9.17, 15) is 4.39 Å². The molecule has 1 aliphatic rings. The molecule has 0 radical (unpaired) electrons. The van der Waals surface area contributed by atoms with Gasteiger partial charge in [-0.3, -0.25) is 4.90 Å². The van der Waals surface area contributed by atoms with Crippen LogP contribution in [0.5, 0.6) is 0 Å². The van der Waals surface area contributed by atoms with Crippen LogP contribution in [0, 0.1) is 0 Å². The number of benzene rings is 1. The van der Waals surface area contributed by atoms with Gasteiger partial charge >= 0.3 is 0 Å². The number of rotatable bonds is 4. The second-order valence-corrected chi connectivity index (χ2v) is 5.46. The van der Waals surface area contributed by atoms with E-state index < -0.39 is 6.67 Å². The summed E-state index contributed by atoms with van der Waals surface area (Å²) in [4.78, 5) is 4.15. The highest BCUT2D eigenvalue weighted by Gasteiger charge is 2.24. The summed E-state index contributed by atoms with van der Waals surface area (Å²) >= 11 is 6.33. The van der Waals surface area contributed by atoms with Gasteiger partial charge in [0.15, 0.2) is 0 Å². The fraction of sp³-hybridized carbons (Fsp3) is 0.571. The Kier molecular flexibility index (Phi) is 5.02. The molecule has 1 atom stereocenters.